The van der Waals surface area contributed by atoms with Gasteiger partial charge in [0.2, 0.25) is 11.8 Å². The van der Waals surface area contributed by atoms with Gasteiger partial charge in [0, 0.05) is 17.2 Å². The van der Waals surface area contributed by atoms with Gasteiger partial charge < -0.3 is 14.6 Å². The molecule has 0 spiro atoms. The van der Waals surface area contributed by atoms with Crippen molar-refractivity contribution in [1.29, 1.82) is 0 Å². The van der Waals surface area contributed by atoms with Crippen LogP contribution < -0.4 is 19.7 Å². The number of carboxylic acid groups (broad SMARTS) is 1. The van der Waals surface area contributed by atoms with Crippen LogP contribution >= 0.6 is 0 Å². The molecule has 2 aliphatic rings. The zero-order chi connectivity index (χ0) is 28.8. The molecule has 2 fully saturated rings. The first-order chi connectivity index (χ1) is 19.3. The summed E-state index contributed by atoms with van der Waals surface area (Å²) in [5, 5.41) is 14.1. The predicted molar refractivity (Wildman–Crippen MR) is 151 cm³/mol. The van der Waals surface area contributed by atoms with Crippen molar-refractivity contribution in [1.82, 2.24) is 5.32 Å². The van der Waals surface area contributed by atoms with Gasteiger partial charge >= 0.3 is 5.97 Å². The van der Waals surface area contributed by atoms with Crippen LogP contribution in [0.1, 0.15) is 47.7 Å². The third-order valence-electron chi connectivity index (χ3n) is 8.46. The van der Waals surface area contributed by atoms with E-state index in [1.54, 1.807) is 49.6 Å². The van der Waals surface area contributed by atoms with Crippen molar-refractivity contribution in [3.05, 3.63) is 88.5 Å². The van der Waals surface area contributed by atoms with Crippen LogP contribution in [-0.4, -0.2) is 37.1 Å². The van der Waals surface area contributed by atoms with Crippen molar-refractivity contribution < 1.29 is 29.0 Å². The second-order valence-corrected chi connectivity index (χ2v) is 10.3. The number of carbonyl (C=O) groups excluding carboxylic acids is 2. The summed E-state index contributed by atoms with van der Waals surface area (Å²) >= 11 is 0. The van der Waals surface area contributed by atoms with E-state index in [1.807, 2.05) is 39.0 Å². The summed E-state index contributed by atoms with van der Waals surface area (Å²) in [6, 6.07) is 17.1. The van der Waals surface area contributed by atoms with Crippen LogP contribution in [0.5, 0.6) is 11.5 Å². The lowest BCUT2D eigenvalue weighted by atomic mass is 9.75. The first kappa shape index (κ1) is 27.4. The van der Waals surface area contributed by atoms with Crippen molar-refractivity contribution in [2.75, 3.05) is 19.1 Å². The van der Waals surface area contributed by atoms with Gasteiger partial charge in [-0.05, 0) is 42.5 Å². The van der Waals surface area contributed by atoms with E-state index >= 15 is 0 Å². The Morgan fingerprint density at radius 3 is 2.12 bits per heavy atom. The Hall–Kier alpha value is -4.17. The third-order valence-corrected chi connectivity index (χ3v) is 8.46. The second kappa shape index (κ2) is 10.4. The Balaban J connectivity index is 1.79. The summed E-state index contributed by atoms with van der Waals surface area (Å²) in [4.78, 5) is 43.5. The minimum absolute atomic E-state index is 0.409. The van der Waals surface area contributed by atoms with Crippen molar-refractivity contribution in [3.8, 4) is 11.5 Å². The van der Waals surface area contributed by atoms with Gasteiger partial charge in [0.05, 0.1) is 31.7 Å². The van der Waals surface area contributed by atoms with Crippen LogP contribution in [0.2, 0.25) is 0 Å². The minimum atomic E-state index is -1.84. The Kier molecular flexibility index (Phi) is 7.14. The van der Waals surface area contributed by atoms with Gasteiger partial charge in [-0.2, -0.15) is 0 Å². The van der Waals surface area contributed by atoms with E-state index in [-0.39, 0.29) is 0 Å². The summed E-state index contributed by atoms with van der Waals surface area (Å²) in [6.45, 7) is 5.80. The van der Waals surface area contributed by atoms with E-state index in [1.165, 1.54) is 12.0 Å². The Morgan fingerprint density at radius 2 is 1.57 bits per heavy atom. The largest absolute Gasteiger partial charge is 0.496 e. The highest BCUT2D eigenvalue weighted by Crippen LogP contribution is 2.56. The molecule has 40 heavy (non-hydrogen) atoms. The lowest BCUT2D eigenvalue weighted by Crippen LogP contribution is -2.53. The van der Waals surface area contributed by atoms with E-state index in [2.05, 4.69) is 5.32 Å². The smallest absolute Gasteiger partial charge is 0.329 e. The maximum atomic E-state index is 14.5. The summed E-state index contributed by atoms with van der Waals surface area (Å²) in [5.41, 5.74) is 2.18. The predicted octanol–water partition coefficient (Wildman–Crippen LogP) is 4.57. The third kappa shape index (κ3) is 3.81. The number of carboxylic acids is 1. The molecular weight excluding hydrogens is 508 g/mol. The number of fused-ring (bicyclic) bond motifs is 1. The number of hydrogen-bond donors (Lipinski definition) is 2. The molecule has 2 heterocycles. The number of hydrogen-bond acceptors (Lipinski definition) is 6. The number of rotatable bonds is 8. The number of methoxy groups -OCH3 is 2. The molecule has 4 atom stereocenters. The number of carbonyl (C=O) groups is 3. The summed E-state index contributed by atoms with van der Waals surface area (Å²) in [5.74, 6) is -3.25. The van der Waals surface area contributed by atoms with Gasteiger partial charge in [0.15, 0.2) is 5.54 Å². The lowest BCUT2D eigenvalue weighted by Gasteiger charge is -2.32. The highest BCUT2D eigenvalue weighted by molar-refractivity contribution is 6.25. The summed E-state index contributed by atoms with van der Waals surface area (Å²) in [7, 11) is 3.09. The number of amides is 2. The molecule has 2 saturated heterocycles. The van der Waals surface area contributed by atoms with Crippen LogP contribution in [0.25, 0.3) is 0 Å². The van der Waals surface area contributed by atoms with Crippen LogP contribution in [0.4, 0.5) is 5.69 Å². The fraction of sp³-hybridized carbons (Fsp3) is 0.344. The zero-order valence-corrected chi connectivity index (χ0v) is 23.4. The number of nitrogens with zero attached hydrogens (tertiary/aromatic N) is 1. The maximum absolute atomic E-state index is 14.5. The highest BCUT2D eigenvalue weighted by Gasteiger charge is 2.70. The van der Waals surface area contributed by atoms with Crippen molar-refractivity contribution in [2.24, 2.45) is 11.8 Å². The second-order valence-electron chi connectivity index (χ2n) is 10.3. The topological polar surface area (TPSA) is 105 Å². The molecule has 0 radical (unpaired) electrons. The molecule has 3 aromatic carbocycles. The van der Waals surface area contributed by atoms with Crippen molar-refractivity contribution >= 4 is 23.5 Å². The number of imide groups is 1. The van der Waals surface area contributed by atoms with Crippen molar-refractivity contribution in [2.45, 2.75) is 45.2 Å². The molecule has 0 aliphatic carbocycles. The summed E-state index contributed by atoms with van der Waals surface area (Å²) < 4.78 is 11.3. The Labute approximate surface area is 233 Å². The lowest BCUT2D eigenvalue weighted by molar-refractivity contribution is -0.149. The number of ether oxygens (including phenoxy) is 2. The van der Waals surface area contributed by atoms with Crippen molar-refractivity contribution in [3.63, 3.8) is 0 Å². The Bertz CT molecular complexity index is 1460. The quantitative estimate of drug-likeness (QED) is 0.402. The first-order valence-electron chi connectivity index (χ1n) is 13.5. The maximum Gasteiger partial charge on any atom is 0.329 e. The van der Waals surface area contributed by atoms with Gasteiger partial charge in [-0.3, -0.25) is 14.9 Å². The molecule has 208 valence electrons. The molecule has 2 N–H and O–H groups in total. The molecule has 2 aliphatic heterocycles. The van der Waals surface area contributed by atoms with Crippen LogP contribution in [-0.2, 0) is 32.8 Å². The molecular formula is C32H34N2O6. The van der Waals surface area contributed by atoms with Gasteiger partial charge in [-0.1, -0.05) is 68.4 Å². The van der Waals surface area contributed by atoms with E-state index in [9.17, 15) is 19.5 Å². The Morgan fingerprint density at radius 1 is 0.925 bits per heavy atom. The fourth-order valence-corrected chi connectivity index (χ4v) is 6.61. The minimum Gasteiger partial charge on any atom is -0.496 e. The molecule has 4 unspecified atom stereocenters. The molecule has 2 amide bonds. The van der Waals surface area contributed by atoms with E-state index in [0.29, 0.717) is 46.7 Å². The number of aliphatic carboxylic acids is 1. The number of para-hydroxylation sites is 1. The first-order valence-corrected chi connectivity index (χ1v) is 13.5. The molecule has 8 nitrogen and oxygen atoms in total. The molecule has 3 aromatic rings. The van der Waals surface area contributed by atoms with E-state index in [4.69, 9.17) is 9.47 Å². The van der Waals surface area contributed by atoms with Gasteiger partial charge in [0.1, 0.15) is 11.5 Å². The zero-order valence-electron chi connectivity index (χ0n) is 23.4. The number of benzene rings is 3. The fourth-order valence-electron chi connectivity index (χ4n) is 6.61. The monoisotopic (exact) mass is 542 g/mol. The molecule has 0 saturated carbocycles. The number of aryl methyl sites for hydroxylation is 2. The average Bonchev–Trinajstić information content (AvgIpc) is 3.46. The molecule has 0 aromatic heterocycles. The van der Waals surface area contributed by atoms with Crippen LogP contribution in [0.15, 0.2) is 60.7 Å². The average molecular weight is 543 g/mol. The molecule has 0 bridgehead atoms. The van der Waals surface area contributed by atoms with E-state index in [0.717, 1.165) is 11.1 Å². The summed E-state index contributed by atoms with van der Waals surface area (Å²) in [6.07, 6.45) is 1.23. The highest BCUT2D eigenvalue weighted by atomic mass is 16.5. The standard InChI is InChI=1S/C32H34N2O6/c1-6-19-12-11-13-20(7-2)27(19)34-29(35)24-25(30(34)36)32(31(37)38,21-14-9-8-10-15-21)33-26(24)22-16-17-23(39-4)18(3)28(22)40-5/h8-17,24-26,33H,6-7H2,1-5H3,(H,37,38). The van der Waals surface area contributed by atoms with Gasteiger partial charge in [-0.25, -0.2) is 9.69 Å². The number of anilines is 1. The van der Waals surface area contributed by atoms with Crippen LogP contribution in [0, 0.1) is 18.8 Å². The van der Waals surface area contributed by atoms with Gasteiger partial charge in [-0.15, -0.1) is 0 Å². The molecule has 8 heteroatoms. The van der Waals surface area contributed by atoms with E-state index < -0.39 is 41.2 Å². The van der Waals surface area contributed by atoms with Crippen LogP contribution in [0.3, 0.4) is 0 Å². The van der Waals surface area contributed by atoms with Gasteiger partial charge in [0.25, 0.3) is 0 Å². The SMILES string of the molecule is CCc1cccc(CC)c1N1C(=O)C2C(c3ccc(OC)c(C)c3OC)NC(C(=O)O)(c3ccccc3)C2C1=O. The number of nitrogens with one attached hydrogen (secondary N) is 1. The normalized spacial score (nSPS) is 23.8. The molecule has 5 rings (SSSR count).